The second kappa shape index (κ2) is 26.0. The summed E-state index contributed by atoms with van der Waals surface area (Å²) in [7, 11) is 0. The number of carboxylic acids is 1. The van der Waals surface area contributed by atoms with Crippen molar-refractivity contribution in [1.29, 1.82) is 5.26 Å². The zero-order valence-corrected chi connectivity index (χ0v) is 47.8. The van der Waals surface area contributed by atoms with Gasteiger partial charge in [0.2, 0.25) is 0 Å². The monoisotopic (exact) mass is 1100 g/mol. The minimum atomic E-state index is -1.22. The van der Waals surface area contributed by atoms with Crippen molar-refractivity contribution >= 4 is 97.2 Å². The summed E-state index contributed by atoms with van der Waals surface area (Å²) < 4.78 is 10.1. The Hall–Kier alpha value is -6.78. The molecule has 11 heteroatoms. The van der Waals surface area contributed by atoms with Gasteiger partial charge in [0.15, 0.2) is 0 Å². The van der Waals surface area contributed by atoms with Crippen molar-refractivity contribution in [3.05, 3.63) is 180 Å². The number of anilines is 3. The van der Waals surface area contributed by atoms with Crippen LogP contribution in [0.2, 0.25) is 0 Å². The number of nitrogens with zero attached hydrogens (tertiary/aromatic N) is 4. The van der Waals surface area contributed by atoms with E-state index >= 15 is 0 Å². The number of carbonyl (C=O) groups is 1. The molecule has 0 aliphatic carbocycles. The second-order valence-corrected chi connectivity index (χ2v) is 24.4. The zero-order valence-electron chi connectivity index (χ0n) is 43.7. The lowest BCUT2D eigenvalue weighted by atomic mass is 10.0. The van der Waals surface area contributed by atoms with Gasteiger partial charge in [-0.1, -0.05) is 163 Å². The van der Waals surface area contributed by atoms with Crippen LogP contribution >= 0.6 is 57.1 Å². The Morgan fingerprint density at radius 2 is 0.935 bits per heavy atom. The molecule has 0 fully saturated rings. The first kappa shape index (κ1) is 53.6. The zero-order chi connectivity index (χ0) is 52.9. The van der Waals surface area contributed by atoms with Crippen LogP contribution in [0.15, 0.2) is 163 Å². The quantitative estimate of drug-likeness (QED) is 0.0348. The average Bonchev–Trinajstić information content (AvgIpc) is 4.40. The summed E-state index contributed by atoms with van der Waals surface area (Å²) in [6.07, 6.45) is 18.5. The van der Waals surface area contributed by atoms with E-state index in [0.717, 1.165) is 68.9 Å². The van der Waals surface area contributed by atoms with Crippen molar-refractivity contribution in [2.75, 3.05) is 4.90 Å². The van der Waals surface area contributed by atoms with E-state index in [2.05, 4.69) is 152 Å². The lowest BCUT2D eigenvalue weighted by Gasteiger charge is -2.25. The van der Waals surface area contributed by atoms with Gasteiger partial charge in [-0.2, -0.15) is 14.0 Å². The van der Waals surface area contributed by atoms with Crippen LogP contribution in [0, 0.1) is 11.3 Å². The number of aryl methyl sites for hydroxylation is 2. The molecule has 0 unspecified atom stereocenters. The fourth-order valence-corrected chi connectivity index (χ4v) is 15.4. The Kier molecular flexibility index (Phi) is 18.1. The van der Waals surface area contributed by atoms with E-state index < -0.39 is 5.97 Å². The Labute approximate surface area is 473 Å². The lowest BCUT2D eigenvalue weighted by molar-refractivity contribution is -0.132. The molecule has 0 saturated heterocycles. The number of hydrogen-bond donors (Lipinski definition) is 1. The van der Waals surface area contributed by atoms with Gasteiger partial charge in [-0.05, 0) is 132 Å². The summed E-state index contributed by atoms with van der Waals surface area (Å²) in [5.74, 6) is -1.22. The number of para-hydroxylation sites is 2. The Morgan fingerprint density at radius 3 is 1.39 bits per heavy atom. The number of hydrogen-bond acceptors (Lipinski definition) is 10. The molecule has 10 aromatic rings. The van der Waals surface area contributed by atoms with Gasteiger partial charge < -0.3 is 10.0 Å². The predicted molar refractivity (Wildman–Crippen MR) is 332 cm³/mol. The minimum Gasteiger partial charge on any atom is -0.477 e. The number of carboxylic acid groups (broad SMARTS) is 1. The number of unbranched alkanes of at least 4 members (excludes halogenated alkanes) is 10. The molecular formula is C66H62N4O2S5. The SMILES string of the molecule is CCCCCCCCc1cc(-c2ccc(-c3cc(CCCCCCCC)c(-c4ccc(-c5ccc(N(c6ccccc6)c6ccccc6)cc5)s4)s3)c3nsnc23)sc1-c1ccc(-c2ccc(/C=C(/C#N)C(=O)O)cc2)s1. The summed E-state index contributed by atoms with van der Waals surface area (Å²) in [6, 6.07) is 58.2. The average molecular weight is 1100 g/mol. The van der Waals surface area contributed by atoms with Crippen molar-refractivity contribution in [3.63, 3.8) is 0 Å². The van der Waals surface area contributed by atoms with Crippen LogP contribution in [0.1, 0.15) is 108 Å². The number of rotatable bonds is 25. The first-order valence-corrected chi connectivity index (χ1v) is 31.1. The molecule has 0 aliphatic rings. The van der Waals surface area contributed by atoms with Crippen LogP contribution in [0.5, 0.6) is 0 Å². The summed E-state index contributed by atoms with van der Waals surface area (Å²) >= 11 is 8.72. The lowest BCUT2D eigenvalue weighted by Crippen LogP contribution is -2.09. The second-order valence-electron chi connectivity index (χ2n) is 19.6. The van der Waals surface area contributed by atoms with Gasteiger partial charge >= 0.3 is 5.97 Å². The van der Waals surface area contributed by atoms with Crippen LogP contribution in [-0.2, 0) is 17.6 Å². The summed E-state index contributed by atoms with van der Waals surface area (Å²) in [4.78, 5) is 23.8. The fourth-order valence-electron chi connectivity index (χ4n) is 10.0. The highest BCUT2D eigenvalue weighted by Gasteiger charge is 2.22. The smallest absolute Gasteiger partial charge is 0.346 e. The highest BCUT2D eigenvalue weighted by Crippen LogP contribution is 2.49. The highest BCUT2D eigenvalue weighted by atomic mass is 32.1. The van der Waals surface area contributed by atoms with Crippen molar-refractivity contribution in [2.45, 2.75) is 104 Å². The first-order chi connectivity index (χ1) is 37.9. The van der Waals surface area contributed by atoms with E-state index in [1.54, 1.807) is 17.4 Å². The summed E-state index contributed by atoms with van der Waals surface area (Å²) in [5, 5.41) is 18.6. The maximum atomic E-state index is 11.5. The van der Waals surface area contributed by atoms with Crippen LogP contribution in [-0.4, -0.2) is 19.8 Å². The van der Waals surface area contributed by atoms with Gasteiger partial charge in [0, 0.05) is 67.2 Å². The normalized spacial score (nSPS) is 11.6. The molecule has 0 saturated carbocycles. The maximum Gasteiger partial charge on any atom is 0.346 e. The molecule has 5 aromatic carbocycles. The van der Waals surface area contributed by atoms with Gasteiger partial charge in [0.25, 0.3) is 0 Å². The number of aliphatic carboxylic acids is 1. The molecule has 0 amide bonds. The molecule has 0 bridgehead atoms. The van der Waals surface area contributed by atoms with Gasteiger partial charge in [-0.3, -0.25) is 0 Å². The van der Waals surface area contributed by atoms with E-state index in [9.17, 15) is 15.2 Å². The molecule has 0 spiro atoms. The van der Waals surface area contributed by atoms with Crippen molar-refractivity contribution in [2.24, 2.45) is 0 Å². The summed E-state index contributed by atoms with van der Waals surface area (Å²) in [5.41, 5.74) is 13.0. The van der Waals surface area contributed by atoms with Crippen LogP contribution < -0.4 is 4.90 Å². The number of fused-ring (bicyclic) bond motifs is 1. The highest BCUT2D eigenvalue weighted by molar-refractivity contribution is 7.26. The number of benzene rings is 5. The Morgan fingerprint density at radius 1 is 0.506 bits per heavy atom. The van der Waals surface area contributed by atoms with E-state index in [-0.39, 0.29) is 5.57 Å². The number of aromatic nitrogens is 2. The minimum absolute atomic E-state index is 0.283. The van der Waals surface area contributed by atoms with Crippen LogP contribution in [0.3, 0.4) is 0 Å². The summed E-state index contributed by atoms with van der Waals surface area (Å²) in [6.45, 7) is 4.55. The van der Waals surface area contributed by atoms with Crippen molar-refractivity contribution < 1.29 is 9.90 Å². The molecule has 388 valence electrons. The largest absolute Gasteiger partial charge is 0.477 e. The van der Waals surface area contributed by atoms with E-state index in [4.69, 9.17) is 8.75 Å². The molecule has 77 heavy (non-hydrogen) atoms. The third kappa shape index (κ3) is 12.8. The van der Waals surface area contributed by atoms with E-state index in [1.807, 2.05) is 58.3 Å². The van der Waals surface area contributed by atoms with E-state index in [0.29, 0.717) is 5.56 Å². The predicted octanol–water partition coefficient (Wildman–Crippen LogP) is 21.2. The maximum absolute atomic E-state index is 11.5. The van der Waals surface area contributed by atoms with Crippen LogP contribution in [0.4, 0.5) is 17.1 Å². The molecule has 0 atom stereocenters. The molecular weight excluding hydrogens is 1040 g/mol. The molecule has 5 aromatic heterocycles. The number of nitriles is 1. The van der Waals surface area contributed by atoms with Gasteiger partial charge in [-0.25, -0.2) is 4.79 Å². The molecule has 1 N–H and O–H groups in total. The fraction of sp³-hybridized carbons (Fsp3) is 0.242. The first-order valence-electron chi connectivity index (χ1n) is 27.1. The Bertz CT molecular complexity index is 3570. The van der Waals surface area contributed by atoms with Crippen molar-refractivity contribution in [3.8, 4) is 67.3 Å². The third-order valence-electron chi connectivity index (χ3n) is 14.1. The molecule has 10 rings (SSSR count). The van der Waals surface area contributed by atoms with Gasteiger partial charge in [-0.15, -0.1) is 45.3 Å². The topological polar surface area (TPSA) is 90.1 Å². The molecule has 0 aliphatic heterocycles. The molecule has 5 heterocycles. The van der Waals surface area contributed by atoms with E-state index in [1.165, 1.54) is 139 Å². The van der Waals surface area contributed by atoms with Crippen molar-refractivity contribution in [1.82, 2.24) is 8.75 Å². The third-order valence-corrected chi connectivity index (χ3v) is 19.7. The molecule has 6 nitrogen and oxygen atoms in total. The van der Waals surface area contributed by atoms with Gasteiger partial charge in [0.1, 0.15) is 22.7 Å². The Balaban J connectivity index is 0.947. The standard InChI is InChI=1S/C66H62N4O2S5/c1-3-5-7-9-11-15-21-48-42-60(75-64(48)58-39-37-56(73-58)46-29-27-45(28-30-46)41-50(44-67)66(71)72)54-35-36-55(63-62(54)68-77-69-63)61-43-49(22-16-12-10-8-6-4-2)65(76-61)59-40-38-57(74-59)47-31-33-53(34-32-47)70(51-23-17-13-18-24-51)52-25-19-14-20-26-52/h13-14,17-20,23-43H,3-12,15-16,21-22H2,1-2H3,(H,71,72)/b50-41-. The van der Waals surface area contributed by atoms with Gasteiger partial charge in [0.05, 0.1) is 11.7 Å². The van der Waals surface area contributed by atoms with Crippen LogP contribution in [0.25, 0.3) is 78.4 Å². The number of thiophene rings is 4. The molecule has 0 radical (unpaired) electrons.